The van der Waals surface area contributed by atoms with Crippen molar-refractivity contribution in [3.8, 4) is 17.4 Å². The van der Waals surface area contributed by atoms with Gasteiger partial charge in [0.15, 0.2) is 11.5 Å². The van der Waals surface area contributed by atoms with Crippen LogP contribution in [0.15, 0.2) is 54.7 Å². The summed E-state index contributed by atoms with van der Waals surface area (Å²) in [6, 6.07) is 10.9. The molecule has 2 amide bonds. The van der Waals surface area contributed by atoms with Crippen molar-refractivity contribution in [2.24, 2.45) is 0 Å². The molecule has 0 saturated heterocycles. The number of hydrogen-bond donors (Lipinski definition) is 1. The van der Waals surface area contributed by atoms with Gasteiger partial charge in [0.1, 0.15) is 0 Å². The number of amides is 2. The fourth-order valence-electron chi connectivity index (χ4n) is 2.88. The van der Waals surface area contributed by atoms with Gasteiger partial charge in [0.2, 0.25) is 5.88 Å². The summed E-state index contributed by atoms with van der Waals surface area (Å²) in [5.74, 6) is 1.65. The number of carbonyl (C=O) groups excluding carboxylic acids is 1. The highest BCUT2D eigenvalue weighted by Gasteiger charge is 2.23. The third-order valence-electron chi connectivity index (χ3n) is 4.18. The van der Waals surface area contributed by atoms with E-state index < -0.39 is 0 Å². The number of methoxy groups -OCH3 is 1. The Labute approximate surface area is 153 Å². The molecule has 2 heterocycles. The Morgan fingerprint density at radius 2 is 2.08 bits per heavy atom. The quantitative estimate of drug-likeness (QED) is 0.779. The molecule has 0 bridgehead atoms. The molecule has 2 aromatic rings. The van der Waals surface area contributed by atoms with Gasteiger partial charge in [0.25, 0.3) is 0 Å². The molecule has 26 heavy (non-hydrogen) atoms. The molecule has 1 aromatic heterocycles. The van der Waals surface area contributed by atoms with Crippen LogP contribution in [0.25, 0.3) is 0 Å². The van der Waals surface area contributed by atoms with E-state index in [9.17, 15) is 4.79 Å². The van der Waals surface area contributed by atoms with Gasteiger partial charge >= 0.3 is 6.03 Å². The summed E-state index contributed by atoms with van der Waals surface area (Å²) in [4.78, 5) is 18.5. The maximum atomic E-state index is 12.5. The largest absolute Gasteiger partial charge is 0.493 e. The van der Waals surface area contributed by atoms with Crippen molar-refractivity contribution in [1.29, 1.82) is 0 Å². The van der Waals surface area contributed by atoms with E-state index in [-0.39, 0.29) is 12.1 Å². The molecular formula is C20H23N3O3. The maximum absolute atomic E-state index is 12.5. The fourth-order valence-corrected chi connectivity index (χ4v) is 2.88. The van der Waals surface area contributed by atoms with Crippen LogP contribution in [0.4, 0.5) is 10.5 Å². The van der Waals surface area contributed by atoms with Crippen LogP contribution in [-0.4, -0.2) is 35.6 Å². The van der Waals surface area contributed by atoms with Crippen LogP contribution >= 0.6 is 0 Å². The summed E-state index contributed by atoms with van der Waals surface area (Å²) in [6.07, 6.45) is 7.71. The van der Waals surface area contributed by atoms with Gasteiger partial charge in [-0.05, 0) is 24.6 Å². The van der Waals surface area contributed by atoms with Gasteiger partial charge in [0.05, 0.1) is 25.0 Å². The molecule has 0 fully saturated rings. The average Bonchev–Trinajstić information content (AvgIpc) is 3.12. The summed E-state index contributed by atoms with van der Waals surface area (Å²) in [6.45, 7) is 2.76. The Hall–Kier alpha value is -3.02. The lowest BCUT2D eigenvalue weighted by molar-refractivity contribution is 0.208. The molecule has 3 rings (SSSR count). The Kier molecular flexibility index (Phi) is 5.73. The number of ether oxygens (including phenoxy) is 2. The monoisotopic (exact) mass is 353 g/mol. The summed E-state index contributed by atoms with van der Waals surface area (Å²) >= 11 is 0. The SMILES string of the molecule is CCCC1C=CCN1C(=O)Nc1ccc(Oc2ccccc2OC)nc1. The van der Waals surface area contributed by atoms with Gasteiger partial charge in [-0.3, -0.25) is 0 Å². The highest BCUT2D eigenvalue weighted by molar-refractivity contribution is 5.89. The van der Waals surface area contributed by atoms with E-state index in [4.69, 9.17) is 9.47 Å². The van der Waals surface area contributed by atoms with Crippen molar-refractivity contribution in [3.63, 3.8) is 0 Å². The van der Waals surface area contributed by atoms with Crippen molar-refractivity contribution >= 4 is 11.7 Å². The number of pyridine rings is 1. The molecule has 1 atom stereocenters. The van der Waals surface area contributed by atoms with Crippen LogP contribution in [0.3, 0.4) is 0 Å². The molecular weight excluding hydrogens is 330 g/mol. The van der Waals surface area contributed by atoms with Gasteiger partial charge in [-0.15, -0.1) is 0 Å². The molecule has 1 aliphatic rings. The lowest BCUT2D eigenvalue weighted by Gasteiger charge is -2.24. The van der Waals surface area contributed by atoms with E-state index in [2.05, 4.69) is 23.3 Å². The predicted molar refractivity (Wildman–Crippen MR) is 101 cm³/mol. The number of nitrogens with one attached hydrogen (secondary N) is 1. The molecule has 0 aliphatic carbocycles. The number of nitrogens with zero attached hydrogens (tertiary/aromatic N) is 2. The molecule has 1 aliphatic heterocycles. The van der Waals surface area contributed by atoms with E-state index in [1.807, 2.05) is 35.2 Å². The number of benzene rings is 1. The summed E-state index contributed by atoms with van der Waals surface area (Å²) in [5.41, 5.74) is 0.629. The summed E-state index contributed by atoms with van der Waals surface area (Å²) in [7, 11) is 1.59. The predicted octanol–water partition coefficient (Wildman–Crippen LogP) is 4.45. The number of hydrogen-bond acceptors (Lipinski definition) is 4. The number of anilines is 1. The number of carbonyl (C=O) groups is 1. The van der Waals surface area contributed by atoms with Crippen LogP contribution in [0, 0.1) is 0 Å². The second-order valence-electron chi connectivity index (χ2n) is 6.00. The van der Waals surface area contributed by atoms with E-state index in [0.717, 1.165) is 12.8 Å². The second-order valence-corrected chi connectivity index (χ2v) is 6.00. The van der Waals surface area contributed by atoms with E-state index in [0.29, 0.717) is 29.6 Å². The molecule has 0 saturated carbocycles. The first-order chi connectivity index (χ1) is 12.7. The van der Waals surface area contributed by atoms with E-state index in [1.54, 1.807) is 25.4 Å². The van der Waals surface area contributed by atoms with Crippen LogP contribution in [0.1, 0.15) is 19.8 Å². The molecule has 6 nitrogen and oxygen atoms in total. The summed E-state index contributed by atoms with van der Waals surface area (Å²) in [5, 5.41) is 2.89. The third kappa shape index (κ3) is 4.14. The average molecular weight is 353 g/mol. The maximum Gasteiger partial charge on any atom is 0.322 e. The minimum atomic E-state index is -0.117. The minimum Gasteiger partial charge on any atom is -0.493 e. The molecule has 1 unspecified atom stereocenters. The number of rotatable bonds is 6. The number of aromatic nitrogens is 1. The first kappa shape index (κ1) is 17.8. The Morgan fingerprint density at radius 3 is 2.77 bits per heavy atom. The van der Waals surface area contributed by atoms with Gasteiger partial charge in [-0.1, -0.05) is 37.6 Å². The summed E-state index contributed by atoms with van der Waals surface area (Å²) < 4.78 is 11.0. The highest BCUT2D eigenvalue weighted by atomic mass is 16.5. The van der Waals surface area contributed by atoms with Crippen LogP contribution < -0.4 is 14.8 Å². The highest BCUT2D eigenvalue weighted by Crippen LogP contribution is 2.30. The first-order valence-electron chi connectivity index (χ1n) is 8.72. The van der Waals surface area contributed by atoms with Crippen molar-refractivity contribution in [2.75, 3.05) is 19.0 Å². The second kappa shape index (κ2) is 8.38. The first-order valence-corrected chi connectivity index (χ1v) is 8.72. The normalized spacial score (nSPS) is 15.8. The Bertz CT molecular complexity index is 774. The number of para-hydroxylation sites is 2. The molecule has 136 valence electrons. The number of urea groups is 1. The van der Waals surface area contributed by atoms with Gasteiger partial charge in [-0.25, -0.2) is 9.78 Å². The molecule has 1 N–H and O–H groups in total. The zero-order chi connectivity index (χ0) is 18.4. The third-order valence-corrected chi connectivity index (χ3v) is 4.18. The lowest BCUT2D eigenvalue weighted by atomic mass is 10.2. The van der Waals surface area contributed by atoms with Crippen molar-refractivity contribution in [3.05, 3.63) is 54.7 Å². The van der Waals surface area contributed by atoms with Crippen molar-refractivity contribution in [2.45, 2.75) is 25.8 Å². The van der Waals surface area contributed by atoms with Gasteiger partial charge < -0.3 is 19.7 Å². The lowest BCUT2D eigenvalue weighted by Crippen LogP contribution is -2.39. The standard InChI is InChI=1S/C20H23N3O3/c1-3-7-16-8-6-13-23(16)20(24)22-15-11-12-19(21-14-15)26-18-10-5-4-9-17(18)25-2/h4-6,8-12,14,16H,3,7,13H2,1-2H3,(H,22,24). The topological polar surface area (TPSA) is 63.7 Å². The van der Waals surface area contributed by atoms with Crippen molar-refractivity contribution in [1.82, 2.24) is 9.88 Å². The minimum absolute atomic E-state index is 0.117. The zero-order valence-electron chi connectivity index (χ0n) is 15.0. The molecule has 1 aromatic carbocycles. The van der Waals surface area contributed by atoms with Crippen LogP contribution in [0.5, 0.6) is 17.4 Å². The Balaban J connectivity index is 1.62. The molecule has 0 spiro atoms. The fraction of sp³-hybridized carbons (Fsp3) is 0.300. The molecule has 0 radical (unpaired) electrons. The van der Waals surface area contributed by atoms with Crippen LogP contribution in [-0.2, 0) is 0 Å². The van der Waals surface area contributed by atoms with Gasteiger partial charge in [-0.2, -0.15) is 0 Å². The van der Waals surface area contributed by atoms with E-state index in [1.165, 1.54) is 0 Å². The van der Waals surface area contributed by atoms with Gasteiger partial charge in [0, 0.05) is 12.6 Å². The Morgan fingerprint density at radius 1 is 1.27 bits per heavy atom. The molecule has 6 heteroatoms. The van der Waals surface area contributed by atoms with Crippen molar-refractivity contribution < 1.29 is 14.3 Å². The zero-order valence-corrected chi connectivity index (χ0v) is 15.0. The smallest absolute Gasteiger partial charge is 0.322 e. The van der Waals surface area contributed by atoms with E-state index >= 15 is 0 Å². The van der Waals surface area contributed by atoms with Crippen LogP contribution in [0.2, 0.25) is 0 Å².